The van der Waals surface area contributed by atoms with Crippen LogP contribution in [0.4, 0.5) is 22.0 Å². The van der Waals surface area contributed by atoms with Crippen LogP contribution in [0.25, 0.3) is 0 Å². The Balaban J connectivity index is 3.01. The molecule has 0 N–H and O–H groups in total. The summed E-state index contributed by atoms with van der Waals surface area (Å²) in [6.07, 6.45) is -5.95. The number of aldehydes is 1. The van der Waals surface area contributed by atoms with E-state index in [0.717, 1.165) is 0 Å². The zero-order chi connectivity index (χ0) is 11.0. The molecule has 0 aliphatic heterocycles. The molecule has 14 heavy (non-hydrogen) atoms. The van der Waals surface area contributed by atoms with E-state index < -0.39 is 29.7 Å². The van der Waals surface area contributed by atoms with Crippen molar-refractivity contribution in [2.24, 2.45) is 0 Å². The first-order valence-electron chi connectivity index (χ1n) is 3.59. The molecule has 0 amide bonds. The summed E-state index contributed by atoms with van der Waals surface area (Å²) >= 11 is 0. The highest BCUT2D eigenvalue weighted by atomic mass is 19.4. The Hall–Kier alpha value is -1.20. The molecule has 1 atom stereocenters. The summed E-state index contributed by atoms with van der Waals surface area (Å²) in [4.78, 5) is 10.1. The highest BCUT2D eigenvalue weighted by Gasteiger charge is 2.55. The van der Waals surface area contributed by atoms with E-state index in [4.69, 9.17) is 0 Å². The molecule has 1 unspecified atom stereocenters. The van der Waals surface area contributed by atoms with Crippen molar-refractivity contribution in [2.75, 3.05) is 0 Å². The number of alkyl halides is 4. The maximum Gasteiger partial charge on any atom is 0.426 e. The number of hydrogen-bond donors (Lipinski definition) is 0. The van der Waals surface area contributed by atoms with Gasteiger partial charge in [-0.15, -0.1) is 0 Å². The minimum atomic E-state index is -5.17. The zero-order valence-corrected chi connectivity index (χ0v) is 6.74. The Bertz CT molecular complexity index is 314. The molecular formula is C8H5F5O. The van der Waals surface area contributed by atoms with Crippen molar-refractivity contribution in [1.82, 2.24) is 0 Å². The second kappa shape index (κ2) is 3.18. The molecule has 0 aromatic carbocycles. The lowest BCUT2D eigenvalue weighted by Gasteiger charge is -2.26. The van der Waals surface area contributed by atoms with Crippen molar-refractivity contribution in [3.63, 3.8) is 0 Å². The van der Waals surface area contributed by atoms with Crippen LogP contribution in [0, 0.1) is 0 Å². The number of carbonyl (C=O) groups excluding carboxylic acids is 1. The molecule has 0 aromatic rings. The first-order valence-corrected chi connectivity index (χ1v) is 3.59. The lowest BCUT2D eigenvalue weighted by atomic mass is 9.92. The van der Waals surface area contributed by atoms with Gasteiger partial charge in [0, 0.05) is 12.0 Å². The smallest absolute Gasteiger partial charge is 0.298 e. The predicted molar refractivity (Wildman–Crippen MR) is 37.8 cm³/mol. The third-order valence-corrected chi connectivity index (χ3v) is 1.85. The molecule has 0 spiro atoms. The average Bonchev–Trinajstić information content (AvgIpc) is 2.02. The van der Waals surface area contributed by atoms with Gasteiger partial charge < -0.3 is 0 Å². The van der Waals surface area contributed by atoms with Gasteiger partial charge in [0.25, 0.3) is 0 Å². The monoisotopic (exact) mass is 212 g/mol. The van der Waals surface area contributed by atoms with Crippen molar-refractivity contribution >= 4 is 6.29 Å². The highest BCUT2D eigenvalue weighted by molar-refractivity contribution is 5.79. The molecule has 0 aromatic heterocycles. The average molecular weight is 212 g/mol. The summed E-state index contributed by atoms with van der Waals surface area (Å²) in [6, 6.07) is 0. The number of allylic oxidation sites excluding steroid dienone is 4. The molecule has 0 radical (unpaired) electrons. The van der Waals surface area contributed by atoms with E-state index >= 15 is 0 Å². The third kappa shape index (κ3) is 1.69. The van der Waals surface area contributed by atoms with E-state index in [-0.39, 0.29) is 12.4 Å². The van der Waals surface area contributed by atoms with E-state index in [1.807, 2.05) is 0 Å². The van der Waals surface area contributed by atoms with Crippen LogP contribution < -0.4 is 0 Å². The minimum absolute atomic E-state index is 0.0434. The van der Waals surface area contributed by atoms with Gasteiger partial charge in [-0.2, -0.15) is 13.2 Å². The molecule has 0 fully saturated rings. The minimum Gasteiger partial charge on any atom is -0.298 e. The third-order valence-electron chi connectivity index (χ3n) is 1.85. The zero-order valence-electron chi connectivity index (χ0n) is 6.74. The number of halogens is 5. The fourth-order valence-corrected chi connectivity index (χ4v) is 0.997. The molecule has 0 bridgehead atoms. The van der Waals surface area contributed by atoms with E-state index in [2.05, 4.69) is 0 Å². The highest BCUT2D eigenvalue weighted by Crippen LogP contribution is 2.42. The number of hydrogen-bond acceptors (Lipinski definition) is 1. The summed E-state index contributed by atoms with van der Waals surface area (Å²) in [5, 5.41) is 0. The van der Waals surface area contributed by atoms with Gasteiger partial charge in [-0.25, -0.2) is 8.78 Å². The standard InChI is InChI=1S/C8H5F5O/c9-6-3-7(10,8(11,12)13)2-1-5(6)4-14/h1-2,4H,3H2. The van der Waals surface area contributed by atoms with Crippen LogP contribution in [0.3, 0.4) is 0 Å². The van der Waals surface area contributed by atoms with Crippen LogP contribution in [-0.2, 0) is 4.79 Å². The fraction of sp³-hybridized carbons (Fsp3) is 0.375. The molecule has 0 heterocycles. The number of rotatable bonds is 1. The van der Waals surface area contributed by atoms with Crippen molar-refractivity contribution in [2.45, 2.75) is 18.3 Å². The second-order valence-corrected chi connectivity index (χ2v) is 2.85. The van der Waals surface area contributed by atoms with Crippen molar-refractivity contribution in [3.05, 3.63) is 23.6 Å². The second-order valence-electron chi connectivity index (χ2n) is 2.85. The van der Waals surface area contributed by atoms with Crippen molar-refractivity contribution in [1.29, 1.82) is 0 Å². The van der Waals surface area contributed by atoms with Gasteiger partial charge in [-0.3, -0.25) is 4.79 Å². The lowest BCUT2D eigenvalue weighted by molar-refractivity contribution is -0.212. The van der Waals surface area contributed by atoms with Crippen LogP contribution >= 0.6 is 0 Å². The lowest BCUT2D eigenvalue weighted by Crippen LogP contribution is -2.40. The Morgan fingerprint density at radius 1 is 1.43 bits per heavy atom. The first-order chi connectivity index (χ1) is 6.30. The fourth-order valence-electron chi connectivity index (χ4n) is 0.997. The molecular weight excluding hydrogens is 207 g/mol. The van der Waals surface area contributed by atoms with Crippen LogP contribution in [-0.4, -0.2) is 18.1 Å². The molecule has 1 rings (SSSR count). The van der Waals surface area contributed by atoms with Crippen LogP contribution in [0.15, 0.2) is 23.6 Å². The van der Waals surface area contributed by atoms with Crippen LogP contribution in [0.2, 0.25) is 0 Å². The SMILES string of the molecule is O=CC1=C(F)CC(F)(C(F)(F)F)C=C1. The van der Waals surface area contributed by atoms with Crippen LogP contribution in [0.5, 0.6) is 0 Å². The maximum absolute atomic E-state index is 13.0. The Kier molecular flexibility index (Phi) is 2.47. The Labute approximate surface area is 75.9 Å². The normalized spacial score (nSPS) is 28.1. The van der Waals surface area contributed by atoms with Crippen molar-refractivity contribution < 1.29 is 26.7 Å². The molecule has 78 valence electrons. The van der Waals surface area contributed by atoms with Gasteiger partial charge >= 0.3 is 6.18 Å². The molecule has 1 aliphatic carbocycles. The Morgan fingerprint density at radius 2 is 2.00 bits per heavy atom. The summed E-state index contributed by atoms with van der Waals surface area (Å²) in [6.45, 7) is 0. The molecule has 1 nitrogen and oxygen atoms in total. The van der Waals surface area contributed by atoms with Crippen molar-refractivity contribution in [3.8, 4) is 0 Å². The van der Waals surface area contributed by atoms with Gasteiger partial charge in [0.15, 0.2) is 6.29 Å². The van der Waals surface area contributed by atoms with Gasteiger partial charge in [-0.1, -0.05) is 0 Å². The quantitative estimate of drug-likeness (QED) is 0.482. The molecule has 1 aliphatic rings. The molecule has 0 saturated heterocycles. The largest absolute Gasteiger partial charge is 0.426 e. The van der Waals surface area contributed by atoms with E-state index in [0.29, 0.717) is 6.08 Å². The molecule has 0 saturated carbocycles. The predicted octanol–water partition coefficient (Wildman–Crippen LogP) is 2.64. The van der Waals surface area contributed by atoms with Gasteiger partial charge in [0.05, 0.1) is 0 Å². The topological polar surface area (TPSA) is 17.1 Å². The van der Waals surface area contributed by atoms with E-state index in [9.17, 15) is 26.7 Å². The van der Waals surface area contributed by atoms with Gasteiger partial charge in [0.1, 0.15) is 5.83 Å². The number of carbonyl (C=O) groups is 1. The van der Waals surface area contributed by atoms with Crippen LogP contribution in [0.1, 0.15) is 6.42 Å². The van der Waals surface area contributed by atoms with E-state index in [1.165, 1.54) is 0 Å². The summed E-state index contributed by atoms with van der Waals surface area (Å²) in [5.74, 6) is -1.39. The van der Waals surface area contributed by atoms with Gasteiger partial charge in [-0.05, 0) is 12.2 Å². The molecule has 6 heteroatoms. The Morgan fingerprint density at radius 3 is 2.36 bits per heavy atom. The summed E-state index contributed by atoms with van der Waals surface area (Å²) in [5.41, 5.74) is -4.26. The maximum atomic E-state index is 13.0. The summed E-state index contributed by atoms with van der Waals surface area (Å²) < 4.78 is 61.8. The van der Waals surface area contributed by atoms with E-state index in [1.54, 1.807) is 0 Å². The summed E-state index contributed by atoms with van der Waals surface area (Å²) in [7, 11) is 0. The first kappa shape index (κ1) is 10.9. The van der Waals surface area contributed by atoms with Gasteiger partial charge in [0.2, 0.25) is 5.67 Å².